The van der Waals surface area contributed by atoms with Gasteiger partial charge in [0.1, 0.15) is 11.5 Å². The topological polar surface area (TPSA) is 105 Å². The fourth-order valence-electron chi connectivity index (χ4n) is 6.54. The number of piperidine rings is 1. The molecule has 0 radical (unpaired) electrons. The van der Waals surface area contributed by atoms with Crippen molar-refractivity contribution in [2.45, 2.75) is 48.8 Å². The predicted molar refractivity (Wildman–Crippen MR) is 167 cm³/mol. The molecule has 2 aromatic heterocycles. The van der Waals surface area contributed by atoms with Crippen molar-refractivity contribution in [3.05, 3.63) is 72.3 Å². The van der Waals surface area contributed by atoms with Crippen LogP contribution in [-0.4, -0.2) is 62.5 Å². The molecule has 1 saturated carbocycles. The molecule has 4 aromatic rings. The summed E-state index contributed by atoms with van der Waals surface area (Å²) in [5, 5.41) is 0.707. The Morgan fingerprint density at radius 1 is 1.02 bits per heavy atom. The van der Waals surface area contributed by atoms with Gasteiger partial charge in [0.05, 0.1) is 34.3 Å². The van der Waals surface area contributed by atoms with E-state index >= 15 is 4.39 Å². The van der Waals surface area contributed by atoms with Crippen molar-refractivity contribution in [2.75, 3.05) is 42.9 Å². The molecule has 2 aliphatic heterocycles. The van der Waals surface area contributed by atoms with E-state index in [4.69, 9.17) is 4.74 Å². The molecule has 11 heteroatoms. The Balaban J connectivity index is 1.24. The van der Waals surface area contributed by atoms with Crippen molar-refractivity contribution in [3.8, 4) is 17.0 Å². The molecular formula is C33H34FN5O4S. The summed E-state index contributed by atoms with van der Waals surface area (Å²) in [7, 11) is -2.24. The number of rotatable bonds is 9. The van der Waals surface area contributed by atoms with Crippen LogP contribution in [-0.2, 0) is 20.2 Å². The quantitative estimate of drug-likeness (QED) is 0.248. The number of halogens is 1. The van der Waals surface area contributed by atoms with Crippen molar-refractivity contribution >= 4 is 38.2 Å². The zero-order valence-electron chi connectivity index (χ0n) is 24.6. The molecule has 0 atom stereocenters. The lowest BCUT2D eigenvalue weighted by molar-refractivity contribution is -0.119. The number of ether oxygens (including phenoxy) is 1. The van der Waals surface area contributed by atoms with Gasteiger partial charge in [-0.15, -0.1) is 0 Å². The maximum absolute atomic E-state index is 15.7. The zero-order valence-corrected chi connectivity index (χ0v) is 25.4. The Kier molecular flexibility index (Phi) is 7.25. The maximum Gasteiger partial charge on any atom is 0.262 e. The van der Waals surface area contributed by atoms with Crippen molar-refractivity contribution in [3.63, 3.8) is 0 Å². The fourth-order valence-corrected chi connectivity index (χ4v) is 7.61. The van der Waals surface area contributed by atoms with Crippen molar-refractivity contribution in [2.24, 2.45) is 0 Å². The summed E-state index contributed by atoms with van der Waals surface area (Å²) in [5.41, 5.74) is 2.22. The highest BCUT2D eigenvalue weighted by Gasteiger charge is 2.59. The Bertz CT molecular complexity index is 1860. The van der Waals surface area contributed by atoms with Gasteiger partial charge in [0.2, 0.25) is 11.8 Å². The van der Waals surface area contributed by atoms with Crippen molar-refractivity contribution in [1.29, 1.82) is 0 Å². The number of benzene rings is 2. The van der Waals surface area contributed by atoms with E-state index in [9.17, 15) is 13.2 Å². The first-order chi connectivity index (χ1) is 21.3. The summed E-state index contributed by atoms with van der Waals surface area (Å²) in [5.74, 6) is -0.366. The Morgan fingerprint density at radius 2 is 1.80 bits per heavy atom. The number of likely N-dealkylation sites (tertiary alicyclic amines) is 1. The van der Waals surface area contributed by atoms with Gasteiger partial charge < -0.3 is 14.5 Å². The third-order valence-electron chi connectivity index (χ3n) is 9.01. The molecule has 0 unspecified atom stereocenters. The highest BCUT2D eigenvalue weighted by molar-refractivity contribution is 7.92. The smallest absolute Gasteiger partial charge is 0.262 e. The number of anilines is 2. The zero-order chi connectivity index (χ0) is 30.5. The van der Waals surface area contributed by atoms with Gasteiger partial charge in [-0.3, -0.25) is 14.5 Å². The number of fused-ring (bicyclic) bond motifs is 4. The van der Waals surface area contributed by atoms with Crippen molar-refractivity contribution in [1.82, 2.24) is 14.9 Å². The second kappa shape index (κ2) is 11.1. The lowest BCUT2D eigenvalue weighted by Crippen LogP contribution is -2.31. The third kappa shape index (κ3) is 5.07. The summed E-state index contributed by atoms with van der Waals surface area (Å²) in [6, 6.07) is 12.7. The summed E-state index contributed by atoms with van der Waals surface area (Å²) >= 11 is 0. The lowest BCUT2D eigenvalue weighted by Gasteiger charge is -2.26. The number of likely N-dealkylation sites (N-methyl/N-ethyl adjacent to an activating group) is 1. The average Bonchev–Trinajstić information content (AvgIpc) is 3.81. The number of carbonyl (C=O) groups excluding carboxylic acids is 1. The van der Waals surface area contributed by atoms with Gasteiger partial charge in [0.15, 0.2) is 0 Å². The van der Waals surface area contributed by atoms with E-state index in [1.165, 1.54) is 43.7 Å². The first-order valence-corrected chi connectivity index (χ1v) is 16.6. The van der Waals surface area contributed by atoms with Crippen LogP contribution in [0.1, 0.15) is 44.1 Å². The van der Waals surface area contributed by atoms with E-state index in [-0.39, 0.29) is 27.9 Å². The molecule has 1 N–H and O–H groups in total. The molecule has 0 bridgehead atoms. The molecule has 1 saturated heterocycles. The van der Waals surface area contributed by atoms with Crippen LogP contribution in [0.2, 0.25) is 0 Å². The van der Waals surface area contributed by atoms with Gasteiger partial charge in [-0.1, -0.05) is 24.6 Å². The van der Waals surface area contributed by atoms with Crippen LogP contribution < -0.4 is 14.4 Å². The fraction of sp³-hybridized carbons (Fsp3) is 0.364. The molecule has 3 aliphatic rings. The van der Waals surface area contributed by atoms with Crippen LogP contribution in [0.25, 0.3) is 22.0 Å². The number of hydrogen-bond acceptors (Lipinski definition) is 7. The van der Waals surface area contributed by atoms with Crippen molar-refractivity contribution < 1.29 is 22.3 Å². The van der Waals surface area contributed by atoms with Gasteiger partial charge in [0, 0.05) is 47.9 Å². The molecule has 228 valence electrons. The summed E-state index contributed by atoms with van der Waals surface area (Å²) in [4.78, 5) is 26.1. The SMILES string of the molecule is CN1C(=O)C2(CC2)c2c1cnc1cc(F)c(-c3cnc(OCCCN4CCCCC4)c(NS(=O)(=O)c4ccccc4)c3)cc21. The Morgan fingerprint density at radius 3 is 2.55 bits per heavy atom. The highest BCUT2D eigenvalue weighted by atomic mass is 32.2. The minimum atomic E-state index is -3.98. The van der Waals surface area contributed by atoms with E-state index in [0.29, 0.717) is 23.1 Å². The molecule has 1 spiro atoms. The number of aromatic nitrogens is 2. The number of nitrogens with zero attached hydrogens (tertiary/aromatic N) is 4. The molecular weight excluding hydrogens is 581 g/mol. The number of sulfonamides is 1. The molecule has 2 aromatic carbocycles. The van der Waals surface area contributed by atoms with E-state index in [2.05, 4.69) is 19.6 Å². The predicted octanol–water partition coefficient (Wildman–Crippen LogP) is 5.50. The van der Waals surface area contributed by atoms with Crippen LogP contribution in [0.4, 0.5) is 15.8 Å². The van der Waals surface area contributed by atoms with Gasteiger partial charge in [-0.25, -0.2) is 17.8 Å². The average molecular weight is 616 g/mol. The minimum absolute atomic E-state index is 0.0359. The van der Waals surface area contributed by atoms with E-state index in [1.54, 1.807) is 48.5 Å². The van der Waals surface area contributed by atoms with Gasteiger partial charge in [-0.2, -0.15) is 0 Å². The van der Waals surface area contributed by atoms with E-state index in [0.717, 1.165) is 50.1 Å². The first-order valence-electron chi connectivity index (χ1n) is 15.1. The second-order valence-electron chi connectivity index (χ2n) is 11.9. The second-order valence-corrected chi connectivity index (χ2v) is 13.6. The van der Waals surface area contributed by atoms with Crippen LogP contribution in [0.15, 0.2) is 65.8 Å². The Hall–Kier alpha value is -4.09. The molecule has 4 heterocycles. The van der Waals surface area contributed by atoms with Crippen LogP contribution in [0, 0.1) is 5.82 Å². The maximum atomic E-state index is 15.7. The minimum Gasteiger partial charge on any atom is -0.476 e. The van der Waals surface area contributed by atoms with Crippen LogP contribution >= 0.6 is 0 Å². The largest absolute Gasteiger partial charge is 0.476 e. The standard InChI is InChI=1S/C33H34FN5O4S/c1-38-29-21-35-27-19-26(34)24(18-25(27)30(29)33(11-12-33)32(38)40)22-17-28(37-44(41,42)23-9-4-2-5-10-23)31(36-20-22)43-16-8-15-39-13-6-3-7-14-39/h2,4-5,9-10,17-21,37H,3,6-8,11-16H2,1H3. The molecule has 1 aliphatic carbocycles. The van der Waals surface area contributed by atoms with Gasteiger partial charge in [-0.05, 0) is 69.5 Å². The van der Waals surface area contributed by atoms with Crippen LogP contribution in [0.3, 0.4) is 0 Å². The summed E-state index contributed by atoms with van der Waals surface area (Å²) in [6.45, 7) is 3.41. The number of pyridine rings is 2. The summed E-state index contributed by atoms with van der Waals surface area (Å²) < 4.78 is 50.9. The molecule has 2 fully saturated rings. The third-order valence-corrected chi connectivity index (χ3v) is 10.4. The number of carbonyl (C=O) groups is 1. The number of amides is 1. The van der Waals surface area contributed by atoms with Gasteiger partial charge >= 0.3 is 0 Å². The monoisotopic (exact) mass is 615 g/mol. The highest BCUT2D eigenvalue weighted by Crippen LogP contribution is 2.59. The lowest BCUT2D eigenvalue weighted by atomic mass is 9.92. The number of hydrogen-bond donors (Lipinski definition) is 1. The number of nitrogens with one attached hydrogen (secondary N) is 1. The molecule has 9 nitrogen and oxygen atoms in total. The molecule has 1 amide bonds. The van der Waals surface area contributed by atoms with Crippen LogP contribution in [0.5, 0.6) is 5.88 Å². The normalized spacial score (nSPS) is 17.7. The Labute approximate surface area is 256 Å². The van der Waals surface area contributed by atoms with Gasteiger partial charge in [0.25, 0.3) is 10.0 Å². The van der Waals surface area contributed by atoms with E-state index in [1.807, 2.05) is 0 Å². The molecule has 44 heavy (non-hydrogen) atoms. The summed E-state index contributed by atoms with van der Waals surface area (Å²) in [6.07, 6.45) is 9.04. The molecule has 7 rings (SSSR count). The van der Waals surface area contributed by atoms with E-state index < -0.39 is 21.3 Å². The first kappa shape index (κ1) is 28.7.